The lowest BCUT2D eigenvalue weighted by atomic mass is 9.91. The molecule has 1 N–H and O–H groups in total. The molecule has 20 heavy (non-hydrogen) atoms. The molecule has 2 fully saturated rings. The van der Waals surface area contributed by atoms with Crippen molar-refractivity contribution in [3.63, 3.8) is 0 Å². The highest BCUT2D eigenvalue weighted by Crippen LogP contribution is 2.36. The molecule has 1 aliphatic heterocycles. The summed E-state index contributed by atoms with van der Waals surface area (Å²) in [6, 6.07) is 3.46. The number of ether oxygens (including phenoxy) is 2. The zero-order valence-electron chi connectivity index (χ0n) is 11.4. The third kappa shape index (κ3) is 2.92. The van der Waals surface area contributed by atoms with Gasteiger partial charge in [0, 0.05) is 23.8 Å². The molecule has 1 aromatic rings. The predicted molar refractivity (Wildman–Crippen MR) is 76.3 cm³/mol. The number of thiophene rings is 1. The van der Waals surface area contributed by atoms with E-state index in [1.165, 1.54) is 11.3 Å². The van der Waals surface area contributed by atoms with Gasteiger partial charge in [0.05, 0.1) is 13.2 Å². The van der Waals surface area contributed by atoms with E-state index in [-0.39, 0.29) is 6.04 Å². The topological polar surface area (TPSA) is 64.6 Å². The summed E-state index contributed by atoms with van der Waals surface area (Å²) >= 11 is 1.30. The second kappa shape index (κ2) is 5.38. The maximum Gasteiger partial charge on any atom is 0.250 e. The lowest BCUT2D eigenvalue weighted by molar-refractivity contribution is -0.178. The van der Waals surface area contributed by atoms with Crippen LogP contribution in [0.5, 0.6) is 0 Å². The lowest BCUT2D eigenvalue weighted by Gasteiger charge is -2.35. The summed E-state index contributed by atoms with van der Waals surface area (Å²) in [5.41, 5.74) is 0. The Labute approximate surface area is 123 Å². The summed E-state index contributed by atoms with van der Waals surface area (Å²) < 4.78 is 39.0. The molecule has 1 spiro atoms. The fourth-order valence-electron chi connectivity index (χ4n) is 2.80. The van der Waals surface area contributed by atoms with Gasteiger partial charge >= 0.3 is 0 Å². The fourth-order valence-corrected chi connectivity index (χ4v) is 5.40. The summed E-state index contributed by atoms with van der Waals surface area (Å²) in [7, 11) is -3.39. The van der Waals surface area contributed by atoms with Gasteiger partial charge in [-0.25, -0.2) is 13.1 Å². The maximum absolute atomic E-state index is 12.3. The first-order valence-electron chi connectivity index (χ1n) is 6.86. The Kier molecular flexibility index (Phi) is 3.89. The summed E-state index contributed by atoms with van der Waals surface area (Å²) in [6.07, 6.45) is 3.01. The van der Waals surface area contributed by atoms with Crippen LogP contribution in [-0.2, 0) is 19.5 Å². The van der Waals surface area contributed by atoms with Gasteiger partial charge < -0.3 is 9.47 Å². The second-order valence-corrected chi connectivity index (χ2v) is 8.60. The zero-order chi connectivity index (χ0) is 14.2. The SMILES string of the molecule is Cc1ccc(S(=O)(=O)NC2CCC3(CC2)OCCO3)s1. The van der Waals surface area contributed by atoms with Crippen molar-refractivity contribution in [1.29, 1.82) is 0 Å². The first kappa shape index (κ1) is 14.5. The van der Waals surface area contributed by atoms with E-state index in [2.05, 4.69) is 4.72 Å². The van der Waals surface area contributed by atoms with Crippen LogP contribution in [-0.4, -0.2) is 33.5 Å². The van der Waals surface area contributed by atoms with E-state index in [0.29, 0.717) is 17.4 Å². The average molecular weight is 317 g/mol. The second-order valence-electron chi connectivity index (χ2n) is 5.37. The molecule has 1 aliphatic carbocycles. The molecule has 2 heterocycles. The number of sulfonamides is 1. The van der Waals surface area contributed by atoms with Crippen molar-refractivity contribution < 1.29 is 17.9 Å². The fraction of sp³-hybridized carbons (Fsp3) is 0.692. The Morgan fingerprint density at radius 1 is 1.25 bits per heavy atom. The van der Waals surface area contributed by atoms with Gasteiger partial charge in [-0.1, -0.05) is 0 Å². The minimum atomic E-state index is -3.39. The summed E-state index contributed by atoms with van der Waals surface area (Å²) in [6.45, 7) is 3.19. The molecule has 5 nitrogen and oxygen atoms in total. The highest BCUT2D eigenvalue weighted by Gasteiger charge is 2.41. The van der Waals surface area contributed by atoms with E-state index in [1.807, 2.05) is 13.0 Å². The normalized spacial score (nSPS) is 23.4. The van der Waals surface area contributed by atoms with Crippen molar-refractivity contribution >= 4 is 21.4 Å². The van der Waals surface area contributed by atoms with Crippen molar-refractivity contribution in [2.24, 2.45) is 0 Å². The van der Waals surface area contributed by atoms with Crippen LogP contribution in [0.3, 0.4) is 0 Å². The average Bonchev–Trinajstić information content (AvgIpc) is 3.03. The van der Waals surface area contributed by atoms with Gasteiger partial charge in [0.15, 0.2) is 5.79 Å². The molecule has 112 valence electrons. The van der Waals surface area contributed by atoms with Crippen LogP contribution in [0.15, 0.2) is 16.3 Å². The van der Waals surface area contributed by atoms with Gasteiger partial charge in [0.1, 0.15) is 4.21 Å². The van der Waals surface area contributed by atoms with Crippen LogP contribution in [0.25, 0.3) is 0 Å². The van der Waals surface area contributed by atoms with Crippen molar-refractivity contribution in [2.75, 3.05) is 13.2 Å². The third-order valence-electron chi connectivity index (χ3n) is 3.86. The molecule has 0 aromatic carbocycles. The quantitative estimate of drug-likeness (QED) is 0.926. The number of hydrogen-bond donors (Lipinski definition) is 1. The molecule has 7 heteroatoms. The minimum absolute atomic E-state index is 0.0270. The molecule has 0 bridgehead atoms. The van der Waals surface area contributed by atoms with Crippen LogP contribution < -0.4 is 4.72 Å². The van der Waals surface area contributed by atoms with Crippen LogP contribution >= 0.6 is 11.3 Å². The Morgan fingerprint density at radius 3 is 2.45 bits per heavy atom. The molecule has 1 aromatic heterocycles. The van der Waals surface area contributed by atoms with E-state index in [4.69, 9.17) is 9.47 Å². The zero-order valence-corrected chi connectivity index (χ0v) is 13.1. The van der Waals surface area contributed by atoms with Crippen LogP contribution in [0, 0.1) is 6.92 Å². The molecule has 2 aliphatic rings. The van der Waals surface area contributed by atoms with E-state index < -0.39 is 15.8 Å². The standard InChI is InChI=1S/C13H19NO4S2/c1-10-2-3-12(19-10)20(15,16)14-11-4-6-13(7-5-11)17-8-9-18-13/h2-3,11,14H,4-9H2,1H3. The monoisotopic (exact) mass is 317 g/mol. The predicted octanol–water partition coefficient (Wildman–Crippen LogP) is 2.02. The van der Waals surface area contributed by atoms with Crippen molar-refractivity contribution in [3.05, 3.63) is 17.0 Å². The smallest absolute Gasteiger partial charge is 0.250 e. The highest BCUT2D eigenvalue weighted by atomic mass is 32.2. The van der Waals surface area contributed by atoms with Gasteiger partial charge in [0.25, 0.3) is 0 Å². The van der Waals surface area contributed by atoms with Gasteiger partial charge in [-0.2, -0.15) is 0 Å². The van der Waals surface area contributed by atoms with E-state index in [0.717, 1.165) is 30.6 Å². The van der Waals surface area contributed by atoms with Gasteiger partial charge in [0.2, 0.25) is 10.0 Å². The largest absolute Gasteiger partial charge is 0.348 e. The molecule has 0 unspecified atom stereocenters. The maximum atomic E-state index is 12.3. The van der Waals surface area contributed by atoms with Crippen LogP contribution in [0.1, 0.15) is 30.6 Å². The molecular formula is C13H19NO4S2. The van der Waals surface area contributed by atoms with Gasteiger partial charge in [-0.05, 0) is 31.9 Å². The molecule has 3 rings (SSSR count). The Hall–Kier alpha value is -0.470. The van der Waals surface area contributed by atoms with Crippen LogP contribution in [0.2, 0.25) is 0 Å². The number of aryl methyl sites for hydroxylation is 1. The van der Waals surface area contributed by atoms with Crippen molar-refractivity contribution in [2.45, 2.75) is 48.6 Å². The van der Waals surface area contributed by atoms with Crippen molar-refractivity contribution in [3.8, 4) is 0 Å². The summed E-state index contributed by atoms with van der Waals surface area (Å²) in [5.74, 6) is -0.443. The molecular weight excluding hydrogens is 298 g/mol. The number of hydrogen-bond acceptors (Lipinski definition) is 5. The Morgan fingerprint density at radius 2 is 1.90 bits per heavy atom. The number of rotatable bonds is 3. The first-order chi connectivity index (χ1) is 9.49. The third-order valence-corrected chi connectivity index (χ3v) is 6.88. The van der Waals surface area contributed by atoms with Crippen molar-refractivity contribution in [1.82, 2.24) is 4.72 Å². The molecule has 0 radical (unpaired) electrons. The molecule has 1 saturated carbocycles. The summed E-state index contributed by atoms with van der Waals surface area (Å²) in [4.78, 5) is 1.00. The Bertz CT molecular complexity index is 565. The Balaban J connectivity index is 1.62. The molecule has 0 amide bonds. The van der Waals surface area contributed by atoms with Gasteiger partial charge in [-0.3, -0.25) is 0 Å². The highest BCUT2D eigenvalue weighted by molar-refractivity contribution is 7.91. The first-order valence-corrected chi connectivity index (χ1v) is 9.16. The lowest BCUT2D eigenvalue weighted by Crippen LogP contribution is -2.43. The van der Waals surface area contributed by atoms with E-state index in [9.17, 15) is 8.42 Å². The number of nitrogens with one attached hydrogen (secondary N) is 1. The molecule has 0 atom stereocenters. The minimum Gasteiger partial charge on any atom is -0.348 e. The summed E-state index contributed by atoms with van der Waals surface area (Å²) in [5, 5.41) is 0. The van der Waals surface area contributed by atoms with Crippen LogP contribution in [0.4, 0.5) is 0 Å². The van der Waals surface area contributed by atoms with E-state index in [1.54, 1.807) is 6.07 Å². The van der Waals surface area contributed by atoms with Gasteiger partial charge in [-0.15, -0.1) is 11.3 Å². The molecule has 1 saturated heterocycles. The van der Waals surface area contributed by atoms with E-state index >= 15 is 0 Å².